The first-order chi connectivity index (χ1) is 7.81. The lowest BCUT2D eigenvalue weighted by molar-refractivity contribution is -0.137. The maximum Gasteiger partial charge on any atom is 0.321 e. The van der Waals surface area contributed by atoms with Crippen LogP contribution in [0.4, 0.5) is 4.79 Å². The van der Waals surface area contributed by atoms with Gasteiger partial charge in [0.15, 0.2) is 0 Å². The second-order valence-corrected chi connectivity index (χ2v) is 4.06. The van der Waals surface area contributed by atoms with Crippen LogP contribution in [0.3, 0.4) is 0 Å². The van der Waals surface area contributed by atoms with Crippen LogP contribution in [0.15, 0.2) is 0 Å². The van der Waals surface area contributed by atoms with Gasteiger partial charge < -0.3 is 10.4 Å². The molecule has 3 amide bonds. The Labute approximate surface area is 100 Å². The number of aliphatic carboxylic acids is 1. The van der Waals surface area contributed by atoms with E-state index in [1.807, 2.05) is 0 Å². The fraction of sp³-hybridized carbons (Fsp3) is 0.700. The quantitative estimate of drug-likeness (QED) is 0.593. The van der Waals surface area contributed by atoms with Crippen LogP contribution in [0, 0.1) is 0 Å². The van der Waals surface area contributed by atoms with Crippen LogP contribution < -0.4 is 10.6 Å². The van der Waals surface area contributed by atoms with Crippen LogP contribution in [0.5, 0.6) is 0 Å². The molecule has 3 N–H and O–H groups in total. The number of nitrogens with one attached hydrogen (secondary N) is 2. The van der Waals surface area contributed by atoms with Crippen LogP contribution in [-0.2, 0) is 9.59 Å². The van der Waals surface area contributed by atoms with Gasteiger partial charge in [-0.15, -0.1) is 0 Å². The number of amides is 3. The van der Waals surface area contributed by atoms with Crippen LogP contribution in [0.25, 0.3) is 0 Å². The maximum atomic E-state index is 11.3. The second kappa shape index (κ2) is 7.61. The van der Waals surface area contributed by atoms with Crippen LogP contribution in [-0.4, -0.2) is 54.1 Å². The van der Waals surface area contributed by atoms with E-state index in [9.17, 15) is 14.4 Å². The van der Waals surface area contributed by atoms with Gasteiger partial charge in [-0.1, -0.05) is 0 Å². The molecule has 0 spiro atoms. The topological polar surface area (TPSA) is 98.7 Å². The summed E-state index contributed by atoms with van der Waals surface area (Å²) in [4.78, 5) is 34.3. The minimum atomic E-state index is -0.921. The summed E-state index contributed by atoms with van der Waals surface area (Å²) in [5.74, 6) is -1.38. The third kappa shape index (κ3) is 9.31. The first-order valence-electron chi connectivity index (χ1n) is 5.32. The minimum absolute atomic E-state index is 0.0151. The Balaban J connectivity index is 3.85. The number of carboxylic acid groups (broad SMARTS) is 1. The number of hydrogen-bond acceptors (Lipinski definition) is 4. The van der Waals surface area contributed by atoms with E-state index >= 15 is 0 Å². The standard InChI is InChI=1S/C10H19N3O4/c1-7(2)11-10(17)12-8(14)6-13(3)5-4-9(15)16/h7H,4-6H2,1-3H3,(H,15,16)(H2,11,12,14,17). The predicted octanol–water partition coefficient (Wildman–Crippen LogP) is -0.373. The van der Waals surface area contributed by atoms with Gasteiger partial charge in [0.25, 0.3) is 0 Å². The summed E-state index contributed by atoms with van der Waals surface area (Å²) < 4.78 is 0. The molecule has 0 atom stereocenters. The lowest BCUT2D eigenvalue weighted by atomic mass is 10.4. The van der Waals surface area contributed by atoms with Gasteiger partial charge in [-0.2, -0.15) is 0 Å². The van der Waals surface area contributed by atoms with Crippen LogP contribution >= 0.6 is 0 Å². The van der Waals surface area contributed by atoms with Crippen molar-refractivity contribution in [2.45, 2.75) is 26.3 Å². The molecule has 0 aliphatic heterocycles. The Bertz CT molecular complexity index is 291. The fourth-order valence-corrected chi connectivity index (χ4v) is 1.08. The van der Waals surface area contributed by atoms with Crippen LogP contribution in [0.2, 0.25) is 0 Å². The van der Waals surface area contributed by atoms with Crippen molar-refractivity contribution >= 4 is 17.9 Å². The summed E-state index contributed by atoms with van der Waals surface area (Å²) in [6.45, 7) is 3.80. The number of imide groups is 1. The van der Waals surface area contributed by atoms with Gasteiger partial charge in [0.05, 0.1) is 13.0 Å². The number of rotatable bonds is 6. The number of carbonyl (C=O) groups is 3. The van der Waals surface area contributed by atoms with Crippen molar-refractivity contribution in [1.29, 1.82) is 0 Å². The number of hydrogen-bond donors (Lipinski definition) is 3. The summed E-state index contributed by atoms with van der Waals surface area (Å²) in [5, 5.41) is 13.1. The van der Waals surface area contributed by atoms with E-state index in [1.165, 1.54) is 4.90 Å². The predicted molar refractivity (Wildman–Crippen MR) is 61.6 cm³/mol. The summed E-state index contributed by atoms with van der Waals surface area (Å²) in [6.07, 6.45) is -0.0397. The van der Waals surface area contributed by atoms with E-state index < -0.39 is 17.9 Å². The van der Waals surface area contributed by atoms with Gasteiger partial charge in [-0.05, 0) is 20.9 Å². The largest absolute Gasteiger partial charge is 0.481 e. The van der Waals surface area contributed by atoms with Crippen molar-refractivity contribution in [2.75, 3.05) is 20.1 Å². The Morgan fingerprint density at radius 3 is 2.35 bits per heavy atom. The highest BCUT2D eigenvalue weighted by atomic mass is 16.4. The number of urea groups is 1. The highest BCUT2D eigenvalue weighted by Crippen LogP contribution is 1.87. The lowest BCUT2D eigenvalue weighted by Crippen LogP contribution is -2.46. The highest BCUT2D eigenvalue weighted by Gasteiger charge is 2.11. The number of nitrogens with zero attached hydrogens (tertiary/aromatic N) is 1. The molecular weight excluding hydrogens is 226 g/mol. The fourth-order valence-electron chi connectivity index (χ4n) is 1.08. The van der Waals surface area contributed by atoms with Gasteiger partial charge in [0, 0.05) is 12.6 Å². The minimum Gasteiger partial charge on any atom is -0.481 e. The molecule has 0 unspecified atom stereocenters. The van der Waals surface area contributed by atoms with E-state index in [4.69, 9.17) is 5.11 Å². The van der Waals surface area contributed by atoms with Gasteiger partial charge >= 0.3 is 12.0 Å². The van der Waals surface area contributed by atoms with Gasteiger partial charge in [-0.3, -0.25) is 19.8 Å². The Hall–Kier alpha value is -1.63. The lowest BCUT2D eigenvalue weighted by Gasteiger charge is -2.15. The molecule has 0 aromatic carbocycles. The van der Waals surface area contributed by atoms with Crippen LogP contribution in [0.1, 0.15) is 20.3 Å². The van der Waals surface area contributed by atoms with Crippen molar-refractivity contribution in [1.82, 2.24) is 15.5 Å². The SMILES string of the molecule is CC(C)NC(=O)NC(=O)CN(C)CCC(=O)O. The van der Waals surface area contributed by atoms with Crippen molar-refractivity contribution in [3.8, 4) is 0 Å². The van der Waals surface area contributed by atoms with Crippen molar-refractivity contribution in [3.63, 3.8) is 0 Å². The van der Waals surface area contributed by atoms with Gasteiger partial charge in [-0.25, -0.2) is 4.79 Å². The van der Waals surface area contributed by atoms with E-state index in [0.29, 0.717) is 0 Å². The third-order valence-electron chi connectivity index (χ3n) is 1.79. The molecule has 0 bridgehead atoms. The molecular formula is C10H19N3O4. The molecule has 0 rings (SSSR count). The molecule has 7 nitrogen and oxygen atoms in total. The maximum absolute atomic E-state index is 11.3. The average Bonchev–Trinajstić information content (AvgIpc) is 2.12. The third-order valence-corrected chi connectivity index (χ3v) is 1.79. The van der Waals surface area contributed by atoms with Crippen molar-refractivity contribution in [3.05, 3.63) is 0 Å². The number of carbonyl (C=O) groups excluding carboxylic acids is 2. The van der Waals surface area contributed by atoms with Crippen molar-refractivity contribution in [2.24, 2.45) is 0 Å². The zero-order chi connectivity index (χ0) is 13.4. The van der Waals surface area contributed by atoms with E-state index in [2.05, 4.69) is 10.6 Å². The van der Waals surface area contributed by atoms with E-state index in [-0.39, 0.29) is 25.6 Å². The smallest absolute Gasteiger partial charge is 0.321 e. The Morgan fingerprint density at radius 1 is 1.29 bits per heavy atom. The normalized spacial score (nSPS) is 10.4. The molecule has 0 saturated heterocycles. The monoisotopic (exact) mass is 245 g/mol. The Kier molecular flexibility index (Phi) is 6.88. The number of likely N-dealkylation sites (N-methyl/N-ethyl adjacent to an activating group) is 1. The molecule has 0 radical (unpaired) electrons. The second-order valence-electron chi connectivity index (χ2n) is 4.06. The van der Waals surface area contributed by atoms with Gasteiger partial charge in [0.1, 0.15) is 0 Å². The summed E-state index contributed by atoms with van der Waals surface area (Å²) in [5.41, 5.74) is 0. The zero-order valence-electron chi connectivity index (χ0n) is 10.3. The first-order valence-corrected chi connectivity index (χ1v) is 5.32. The molecule has 0 aromatic rings. The molecule has 0 aliphatic rings. The molecule has 0 aliphatic carbocycles. The summed E-state index contributed by atoms with van der Waals surface area (Å²) in [7, 11) is 1.61. The first kappa shape index (κ1) is 15.4. The average molecular weight is 245 g/mol. The highest BCUT2D eigenvalue weighted by molar-refractivity contribution is 5.95. The van der Waals surface area contributed by atoms with Crippen molar-refractivity contribution < 1.29 is 19.5 Å². The molecule has 7 heteroatoms. The Morgan fingerprint density at radius 2 is 1.88 bits per heavy atom. The molecule has 0 heterocycles. The molecule has 98 valence electrons. The number of carboxylic acids is 1. The molecule has 0 fully saturated rings. The summed E-state index contributed by atoms with van der Waals surface area (Å²) in [6, 6.07) is -0.593. The molecule has 0 aromatic heterocycles. The summed E-state index contributed by atoms with van der Waals surface area (Å²) >= 11 is 0. The van der Waals surface area contributed by atoms with E-state index in [0.717, 1.165) is 0 Å². The van der Waals surface area contributed by atoms with E-state index in [1.54, 1.807) is 20.9 Å². The van der Waals surface area contributed by atoms with Gasteiger partial charge in [0.2, 0.25) is 5.91 Å². The zero-order valence-corrected chi connectivity index (χ0v) is 10.3. The molecule has 17 heavy (non-hydrogen) atoms. The molecule has 0 saturated carbocycles.